The van der Waals surface area contributed by atoms with Crippen LogP contribution >= 0.6 is 0 Å². The molecule has 1 amide bonds. The molecule has 0 radical (unpaired) electrons. The standard InChI is InChI=1S/C19H23NO5/c1-13(25-16-8-6-15(22-2)7-9-16)19(21)20-12-14-5-10-17(23-3)18(11-14)24-4/h5-11,13H,12H2,1-4H3,(H,20,21)/t13-/m1/s1. The van der Waals surface area contributed by atoms with E-state index in [0.29, 0.717) is 23.8 Å². The summed E-state index contributed by atoms with van der Waals surface area (Å²) in [4.78, 5) is 12.2. The van der Waals surface area contributed by atoms with Gasteiger partial charge in [-0.3, -0.25) is 4.79 Å². The fraction of sp³-hybridized carbons (Fsp3) is 0.316. The van der Waals surface area contributed by atoms with Crippen LogP contribution in [0.3, 0.4) is 0 Å². The summed E-state index contributed by atoms with van der Waals surface area (Å²) in [7, 11) is 4.75. The summed E-state index contributed by atoms with van der Waals surface area (Å²) < 4.78 is 21.2. The zero-order valence-corrected chi connectivity index (χ0v) is 14.9. The Kier molecular flexibility index (Phi) is 6.51. The van der Waals surface area contributed by atoms with E-state index in [1.54, 1.807) is 58.6 Å². The molecule has 1 N–H and O–H groups in total. The van der Waals surface area contributed by atoms with E-state index in [4.69, 9.17) is 18.9 Å². The van der Waals surface area contributed by atoms with E-state index in [1.807, 2.05) is 12.1 Å². The molecule has 0 fully saturated rings. The van der Waals surface area contributed by atoms with E-state index in [-0.39, 0.29) is 5.91 Å². The first-order valence-electron chi connectivity index (χ1n) is 7.86. The van der Waals surface area contributed by atoms with E-state index in [2.05, 4.69) is 5.32 Å². The molecule has 0 unspecified atom stereocenters. The van der Waals surface area contributed by atoms with Crippen molar-refractivity contribution < 1.29 is 23.7 Å². The highest BCUT2D eigenvalue weighted by atomic mass is 16.5. The molecule has 0 aliphatic heterocycles. The summed E-state index contributed by atoms with van der Waals surface area (Å²) in [5.41, 5.74) is 0.905. The molecule has 2 aromatic carbocycles. The monoisotopic (exact) mass is 345 g/mol. The Morgan fingerprint density at radius 1 is 0.920 bits per heavy atom. The SMILES string of the molecule is COc1ccc(O[C@H](C)C(=O)NCc2ccc(OC)c(OC)c2)cc1. The molecule has 2 rings (SSSR count). The van der Waals surface area contributed by atoms with Crippen molar-refractivity contribution in [3.63, 3.8) is 0 Å². The van der Waals surface area contributed by atoms with Crippen molar-refractivity contribution in [1.82, 2.24) is 5.32 Å². The van der Waals surface area contributed by atoms with Crippen LogP contribution in [0.1, 0.15) is 12.5 Å². The smallest absolute Gasteiger partial charge is 0.261 e. The van der Waals surface area contributed by atoms with Crippen LogP contribution < -0.4 is 24.3 Å². The van der Waals surface area contributed by atoms with Gasteiger partial charge in [-0.25, -0.2) is 0 Å². The number of hydrogen-bond acceptors (Lipinski definition) is 5. The van der Waals surface area contributed by atoms with Gasteiger partial charge < -0.3 is 24.3 Å². The van der Waals surface area contributed by atoms with Crippen LogP contribution in [0, 0.1) is 0 Å². The van der Waals surface area contributed by atoms with Crippen molar-refractivity contribution in [2.75, 3.05) is 21.3 Å². The minimum absolute atomic E-state index is 0.203. The van der Waals surface area contributed by atoms with E-state index in [9.17, 15) is 4.79 Å². The molecule has 6 heteroatoms. The van der Waals surface area contributed by atoms with Crippen LogP contribution in [-0.2, 0) is 11.3 Å². The Bertz CT molecular complexity index is 699. The van der Waals surface area contributed by atoms with Gasteiger partial charge in [0.1, 0.15) is 11.5 Å². The van der Waals surface area contributed by atoms with Crippen LogP contribution in [0.25, 0.3) is 0 Å². The molecule has 0 saturated carbocycles. The highest BCUT2D eigenvalue weighted by Gasteiger charge is 2.15. The number of carbonyl (C=O) groups excluding carboxylic acids is 1. The third-order valence-electron chi connectivity index (χ3n) is 3.66. The van der Waals surface area contributed by atoms with Crippen LogP contribution in [0.4, 0.5) is 0 Å². The van der Waals surface area contributed by atoms with Crippen LogP contribution in [0.5, 0.6) is 23.0 Å². The molecule has 0 aliphatic carbocycles. The van der Waals surface area contributed by atoms with E-state index in [0.717, 1.165) is 11.3 Å². The van der Waals surface area contributed by atoms with Gasteiger partial charge in [0.2, 0.25) is 0 Å². The zero-order valence-electron chi connectivity index (χ0n) is 14.9. The fourth-order valence-corrected chi connectivity index (χ4v) is 2.24. The van der Waals surface area contributed by atoms with Gasteiger partial charge in [0.05, 0.1) is 21.3 Å². The summed E-state index contributed by atoms with van der Waals surface area (Å²) in [6.07, 6.45) is -0.617. The molecular weight excluding hydrogens is 322 g/mol. The number of amides is 1. The van der Waals surface area contributed by atoms with Crippen molar-refractivity contribution in [2.45, 2.75) is 19.6 Å². The molecule has 134 valence electrons. The number of carbonyl (C=O) groups is 1. The van der Waals surface area contributed by atoms with Gasteiger partial charge in [0.25, 0.3) is 5.91 Å². The van der Waals surface area contributed by atoms with E-state index >= 15 is 0 Å². The maximum atomic E-state index is 12.2. The summed E-state index contributed by atoms with van der Waals surface area (Å²) in [6, 6.07) is 12.6. The lowest BCUT2D eigenvalue weighted by atomic mass is 10.2. The molecule has 0 bridgehead atoms. The molecule has 0 aliphatic rings. The van der Waals surface area contributed by atoms with Gasteiger partial charge in [0, 0.05) is 6.54 Å². The van der Waals surface area contributed by atoms with Gasteiger partial charge in [-0.15, -0.1) is 0 Å². The number of methoxy groups -OCH3 is 3. The predicted octanol–water partition coefficient (Wildman–Crippen LogP) is 2.80. The Morgan fingerprint density at radius 3 is 2.16 bits per heavy atom. The first-order chi connectivity index (χ1) is 12.1. The summed E-state index contributed by atoms with van der Waals surface area (Å²) in [5.74, 6) is 2.41. The zero-order chi connectivity index (χ0) is 18.2. The quantitative estimate of drug-likeness (QED) is 0.797. The number of hydrogen-bond donors (Lipinski definition) is 1. The fourth-order valence-electron chi connectivity index (χ4n) is 2.24. The molecule has 25 heavy (non-hydrogen) atoms. The Labute approximate surface area is 147 Å². The Morgan fingerprint density at radius 2 is 1.56 bits per heavy atom. The third kappa shape index (κ3) is 5.04. The first-order valence-corrected chi connectivity index (χ1v) is 7.86. The lowest BCUT2D eigenvalue weighted by molar-refractivity contribution is -0.127. The van der Waals surface area contributed by atoms with Crippen LogP contribution in [0.2, 0.25) is 0 Å². The van der Waals surface area contributed by atoms with Crippen molar-refractivity contribution in [2.24, 2.45) is 0 Å². The lowest BCUT2D eigenvalue weighted by Crippen LogP contribution is -2.35. The van der Waals surface area contributed by atoms with Gasteiger partial charge in [-0.05, 0) is 48.9 Å². The van der Waals surface area contributed by atoms with Crippen molar-refractivity contribution >= 4 is 5.91 Å². The van der Waals surface area contributed by atoms with Gasteiger partial charge in [-0.1, -0.05) is 6.07 Å². The Balaban J connectivity index is 1.90. The number of ether oxygens (including phenoxy) is 4. The molecule has 0 spiro atoms. The minimum atomic E-state index is -0.617. The predicted molar refractivity (Wildman–Crippen MR) is 94.5 cm³/mol. The van der Waals surface area contributed by atoms with Crippen LogP contribution in [0.15, 0.2) is 42.5 Å². The van der Waals surface area contributed by atoms with Crippen molar-refractivity contribution in [3.05, 3.63) is 48.0 Å². The molecule has 1 atom stereocenters. The second-order valence-corrected chi connectivity index (χ2v) is 5.34. The normalized spacial score (nSPS) is 11.4. The van der Waals surface area contributed by atoms with Crippen molar-refractivity contribution in [3.8, 4) is 23.0 Å². The third-order valence-corrected chi connectivity index (χ3v) is 3.66. The highest BCUT2D eigenvalue weighted by Crippen LogP contribution is 2.27. The maximum Gasteiger partial charge on any atom is 0.261 e. The lowest BCUT2D eigenvalue weighted by Gasteiger charge is -2.15. The maximum absolute atomic E-state index is 12.2. The number of nitrogens with one attached hydrogen (secondary N) is 1. The van der Waals surface area contributed by atoms with Crippen LogP contribution in [-0.4, -0.2) is 33.3 Å². The molecule has 0 heterocycles. The van der Waals surface area contributed by atoms with E-state index in [1.165, 1.54) is 0 Å². The average Bonchev–Trinajstić information content (AvgIpc) is 2.66. The largest absolute Gasteiger partial charge is 0.497 e. The Hall–Kier alpha value is -2.89. The molecule has 2 aromatic rings. The number of benzene rings is 2. The second kappa shape index (κ2) is 8.82. The summed E-state index contributed by atoms with van der Waals surface area (Å²) in [6.45, 7) is 2.07. The average molecular weight is 345 g/mol. The topological polar surface area (TPSA) is 66.0 Å². The minimum Gasteiger partial charge on any atom is -0.497 e. The highest BCUT2D eigenvalue weighted by molar-refractivity contribution is 5.80. The van der Waals surface area contributed by atoms with Gasteiger partial charge >= 0.3 is 0 Å². The second-order valence-electron chi connectivity index (χ2n) is 5.34. The van der Waals surface area contributed by atoms with Gasteiger partial charge in [0.15, 0.2) is 17.6 Å². The summed E-state index contributed by atoms with van der Waals surface area (Å²) in [5, 5.41) is 2.85. The molecule has 6 nitrogen and oxygen atoms in total. The van der Waals surface area contributed by atoms with Gasteiger partial charge in [-0.2, -0.15) is 0 Å². The molecular formula is C19H23NO5. The first kappa shape index (κ1) is 18.4. The summed E-state index contributed by atoms with van der Waals surface area (Å²) >= 11 is 0. The van der Waals surface area contributed by atoms with Crippen molar-refractivity contribution in [1.29, 1.82) is 0 Å². The molecule has 0 saturated heterocycles. The van der Waals surface area contributed by atoms with E-state index < -0.39 is 6.10 Å². The molecule has 0 aromatic heterocycles. The number of rotatable bonds is 8.